The molecular formula is C16H14FN3O2S. The Morgan fingerprint density at radius 3 is 2.65 bits per heavy atom. The van der Waals surface area contributed by atoms with Crippen LogP contribution in [0.25, 0.3) is 0 Å². The van der Waals surface area contributed by atoms with Gasteiger partial charge in [0.25, 0.3) is 5.91 Å². The van der Waals surface area contributed by atoms with Crippen LogP contribution in [0.2, 0.25) is 0 Å². The predicted molar refractivity (Wildman–Crippen MR) is 88.5 cm³/mol. The van der Waals surface area contributed by atoms with Gasteiger partial charge in [-0.1, -0.05) is 30.3 Å². The van der Waals surface area contributed by atoms with Gasteiger partial charge < -0.3 is 10.1 Å². The maximum atomic E-state index is 13.5. The fourth-order valence-electron chi connectivity index (χ4n) is 2.24. The van der Waals surface area contributed by atoms with Crippen LogP contribution >= 0.6 is 12.2 Å². The monoisotopic (exact) mass is 331 g/mol. The first kappa shape index (κ1) is 15.2. The zero-order chi connectivity index (χ0) is 16.2. The molecule has 7 heteroatoms. The topological polar surface area (TPSA) is 62.4 Å². The van der Waals surface area contributed by atoms with Crippen molar-refractivity contribution in [2.24, 2.45) is 0 Å². The minimum absolute atomic E-state index is 0.0824. The summed E-state index contributed by atoms with van der Waals surface area (Å²) < 4.78 is 19.1. The molecule has 1 heterocycles. The fourth-order valence-corrected chi connectivity index (χ4v) is 2.40. The summed E-state index contributed by atoms with van der Waals surface area (Å²) >= 11 is 5.01. The number of benzene rings is 2. The first-order valence-corrected chi connectivity index (χ1v) is 7.40. The molecule has 0 spiro atoms. The number of para-hydroxylation sites is 2. The van der Waals surface area contributed by atoms with Crippen LogP contribution in [0.15, 0.2) is 48.5 Å². The van der Waals surface area contributed by atoms with Crippen molar-refractivity contribution in [3.8, 4) is 5.75 Å². The van der Waals surface area contributed by atoms with E-state index in [4.69, 9.17) is 17.0 Å². The predicted octanol–water partition coefficient (Wildman–Crippen LogP) is 2.15. The highest BCUT2D eigenvalue weighted by Crippen LogP contribution is 2.27. The normalized spacial score (nSPS) is 15.3. The van der Waals surface area contributed by atoms with Crippen molar-refractivity contribution in [1.82, 2.24) is 10.9 Å². The van der Waals surface area contributed by atoms with Gasteiger partial charge in [-0.3, -0.25) is 15.6 Å². The number of fused-ring (bicyclic) bond motifs is 1. The molecule has 0 saturated heterocycles. The van der Waals surface area contributed by atoms with Crippen LogP contribution in [-0.2, 0) is 11.2 Å². The van der Waals surface area contributed by atoms with Crippen molar-refractivity contribution in [2.45, 2.75) is 12.5 Å². The van der Waals surface area contributed by atoms with Gasteiger partial charge in [-0.05, 0) is 36.0 Å². The zero-order valence-electron chi connectivity index (χ0n) is 12.0. The van der Waals surface area contributed by atoms with Gasteiger partial charge in [0.2, 0.25) is 0 Å². The molecule has 0 unspecified atom stereocenters. The summed E-state index contributed by atoms with van der Waals surface area (Å²) in [5, 5.41) is 2.75. The number of carbonyl (C=O) groups excluding carboxylic acids is 1. The highest BCUT2D eigenvalue weighted by atomic mass is 32.1. The molecule has 3 N–H and O–H groups in total. The van der Waals surface area contributed by atoms with Gasteiger partial charge >= 0.3 is 0 Å². The standard InChI is InChI=1S/C16H14FN3O2S/c17-11-6-2-3-7-12(11)18-16(23)20-19-15(21)14-9-10-5-1-4-8-13(10)22-14/h1-8,14H,9H2,(H,19,21)(H2,18,20,23)/t14-/m1/s1. The van der Waals surface area contributed by atoms with Crippen LogP contribution in [0.5, 0.6) is 5.75 Å². The first-order valence-electron chi connectivity index (χ1n) is 6.99. The SMILES string of the molecule is O=C(NNC(=S)Nc1ccccc1F)[C@H]1Cc2ccccc2O1. The number of hydrogen-bond donors (Lipinski definition) is 3. The van der Waals surface area contributed by atoms with Gasteiger partial charge in [-0.2, -0.15) is 0 Å². The summed E-state index contributed by atoms with van der Waals surface area (Å²) in [5.74, 6) is -0.0730. The van der Waals surface area contributed by atoms with Gasteiger partial charge in [0, 0.05) is 6.42 Å². The summed E-state index contributed by atoms with van der Waals surface area (Å²) in [6.45, 7) is 0. The average Bonchev–Trinajstić information content (AvgIpc) is 2.99. The van der Waals surface area contributed by atoms with Crippen LogP contribution in [-0.4, -0.2) is 17.1 Å². The third-order valence-corrected chi connectivity index (χ3v) is 3.56. The molecule has 3 rings (SSSR count). The fraction of sp³-hybridized carbons (Fsp3) is 0.125. The van der Waals surface area contributed by atoms with Gasteiger partial charge in [0.15, 0.2) is 11.2 Å². The lowest BCUT2D eigenvalue weighted by molar-refractivity contribution is -0.127. The molecule has 0 radical (unpaired) electrons. The van der Waals surface area contributed by atoms with Crippen LogP contribution in [0.1, 0.15) is 5.56 Å². The maximum absolute atomic E-state index is 13.5. The number of halogens is 1. The lowest BCUT2D eigenvalue weighted by atomic mass is 10.1. The van der Waals surface area contributed by atoms with E-state index in [1.807, 2.05) is 24.3 Å². The summed E-state index contributed by atoms with van der Waals surface area (Å²) in [6, 6.07) is 13.6. The van der Waals surface area contributed by atoms with E-state index in [-0.39, 0.29) is 16.7 Å². The van der Waals surface area contributed by atoms with E-state index in [0.29, 0.717) is 12.2 Å². The Kier molecular flexibility index (Phi) is 4.38. The largest absolute Gasteiger partial charge is 0.480 e. The Morgan fingerprint density at radius 1 is 1.13 bits per heavy atom. The highest BCUT2D eigenvalue weighted by Gasteiger charge is 2.28. The molecule has 23 heavy (non-hydrogen) atoms. The quantitative estimate of drug-likeness (QED) is 0.581. The average molecular weight is 331 g/mol. The lowest BCUT2D eigenvalue weighted by Crippen LogP contribution is -2.49. The Balaban J connectivity index is 1.50. The summed E-state index contributed by atoms with van der Waals surface area (Å²) in [5.41, 5.74) is 6.21. The maximum Gasteiger partial charge on any atom is 0.279 e. The van der Waals surface area contributed by atoms with Crippen molar-refractivity contribution in [2.75, 3.05) is 5.32 Å². The first-order chi connectivity index (χ1) is 11.1. The summed E-state index contributed by atoms with van der Waals surface area (Å²) in [7, 11) is 0. The van der Waals surface area contributed by atoms with Gasteiger partial charge in [0.1, 0.15) is 11.6 Å². The number of amides is 1. The molecule has 0 aliphatic carbocycles. The molecule has 2 aromatic rings. The molecule has 2 aromatic carbocycles. The molecule has 0 aromatic heterocycles. The molecule has 118 valence electrons. The number of thiocarbonyl (C=S) groups is 1. The number of ether oxygens (including phenoxy) is 1. The summed E-state index contributed by atoms with van der Waals surface area (Å²) in [4.78, 5) is 12.1. The molecule has 0 saturated carbocycles. The highest BCUT2D eigenvalue weighted by molar-refractivity contribution is 7.80. The second kappa shape index (κ2) is 6.62. The number of hydrogen-bond acceptors (Lipinski definition) is 3. The van der Waals surface area contributed by atoms with Gasteiger partial charge in [0.05, 0.1) is 5.69 Å². The van der Waals surface area contributed by atoms with Crippen LogP contribution in [0.3, 0.4) is 0 Å². The van der Waals surface area contributed by atoms with E-state index in [1.54, 1.807) is 18.2 Å². The molecule has 5 nitrogen and oxygen atoms in total. The molecular weight excluding hydrogens is 317 g/mol. The zero-order valence-corrected chi connectivity index (χ0v) is 12.8. The van der Waals surface area contributed by atoms with E-state index in [0.717, 1.165) is 5.56 Å². The summed E-state index contributed by atoms with van der Waals surface area (Å²) in [6.07, 6.45) is -0.117. The Bertz CT molecular complexity index is 729. The van der Waals surface area contributed by atoms with Crippen molar-refractivity contribution in [3.05, 3.63) is 59.9 Å². The van der Waals surface area contributed by atoms with Crippen LogP contribution < -0.4 is 20.9 Å². The van der Waals surface area contributed by atoms with E-state index < -0.39 is 11.9 Å². The number of nitrogens with one attached hydrogen (secondary N) is 3. The van der Waals surface area contributed by atoms with E-state index in [1.165, 1.54) is 6.07 Å². The Hall–Kier alpha value is -2.67. The number of hydrazine groups is 1. The van der Waals surface area contributed by atoms with Crippen molar-refractivity contribution in [3.63, 3.8) is 0 Å². The Morgan fingerprint density at radius 2 is 1.87 bits per heavy atom. The van der Waals surface area contributed by atoms with E-state index in [9.17, 15) is 9.18 Å². The number of rotatable bonds is 2. The third kappa shape index (κ3) is 3.57. The molecule has 1 aliphatic rings. The second-order valence-electron chi connectivity index (χ2n) is 4.97. The van der Waals surface area contributed by atoms with Crippen molar-refractivity contribution < 1.29 is 13.9 Å². The molecule has 0 bridgehead atoms. The molecule has 0 fully saturated rings. The third-order valence-electron chi connectivity index (χ3n) is 3.36. The minimum atomic E-state index is -0.615. The molecule has 1 atom stereocenters. The number of carbonyl (C=O) groups is 1. The minimum Gasteiger partial charge on any atom is -0.480 e. The lowest BCUT2D eigenvalue weighted by Gasteiger charge is -2.14. The van der Waals surface area contributed by atoms with Crippen LogP contribution in [0, 0.1) is 5.82 Å². The van der Waals surface area contributed by atoms with Crippen molar-refractivity contribution >= 4 is 28.9 Å². The van der Waals surface area contributed by atoms with Gasteiger partial charge in [-0.25, -0.2) is 4.39 Å². The van der Waals surface area contributed by atoms with Crippen LogP contribution in [0.4, 0.5) is 10.1 Å². The van der Waals surface area contributed by atoms with E-state index >= 15 is 0 Å². The number of anilines is 1. The second-order valence-corrected chi connectivity index (χ2v) is 5.37. The molecule has 1 aliphatic heterocycles. The smallest absolute Gasteiger partial charge is 0.279 e. The van der Waals surface area contributed by atoms with E-state index in [2.05, 4.69) is 16.2 Å². The Labute approximate surface area is 137 Å². The van der Waals surface area contributed by atoms with Gasteiger partial charge in [-0.15, -0.1) is 0 Å². The van der Waals surface area contributed by atoms with Crippen molar-refractivity contribution in [1.29, 1.82) is 0 Å². The molecule has 1 amide bonds.